The number of carbonyl (C=O) groups excluding carboxylic acids is 2. The molecular formula is C28H33N7O3. The first-order valence-electron chi connectivity index (χ1n) is 12.3. The number of fused-ring (bicyclic) bond motifs is 1. The van der Waals surface area contributed by atoms with E-state index in [-0.39, 0.29) is 24.8 Å². The van der Waals surface area contributed by atoms with E-state index in [1.807, 2.05) is 41.9 Å². The molecule has 0 aliphatic heterocycles. The summed E-state index contributed by atoms with van der Waals surface area (Å²) in [5.41, 5.74) is 8.32. The average Bonchev–Trinajstić information content (AvgIpc) is 3.28. The summed E-state index contributed by atoms with van der Waals surface area (Å²) in [7, 11) is 3.44. The van der Waals surface area contributed by atoms with E-state index < -0.39 is 0 Å². The predicted octanol–water partition coefficient (Wildman–Crippen LogP) is 3.75. The number of aryl methyl sites for hydroxylation is 1. The Bertz CT molecular complexity index is 1370. The molecule has 0 spiro atoms. The van der Waals surface area contributed by atoms with Gasteiger partial charge in [0.1, 0.15) is 11.6 Å². The van der Waals surface area contributed by atoms with Gasteiger partial charge in [-0.1, -0.05) is 18.2 Å². The highest BCUT2D eigenvalue weighted by Gasteiger charge is 2.21. The molecule has 0 bridgehead atoms. The molecule has 10 nitrogen and oxygen atoms in total. The van der Waals surface area contributed by atoms with E-state index >= 15 is 0 Å². The number of amides is 1. The number of carbonyl (C=O) groups is 2. The molecule has 0 saturated heterocycles. The van der Waals surface area contributed by atoms with Gasteiger partial charge < -0.3 is 25.8 Å². The molecule has 38 heavy (non-hydrogen) atoms. The molecule has 4 aromatic rings. The van der Waals surface area contributed by atoms with E-state index in [0.717, 1.165) is 22.6 Å². The summed E-state index contributed by atoms with van der Waals surface area (Å²) < 4.78 is 7.01. The van der Waals surface area contributed by atoms with Crippen molar-refractivity contribution < 1.29 is 14.3 Å². The van der Waals surface area contributed by atoms with E-state index in [1.54, 1.807) is 43.5 Å². The third kappa shape index (κ3) is 6.80. The highest BCUT2D eigenvalue weighted by molar-refractivity contribution is 6.07. The molecule has 198 valence electrons. The molecule has 1 amide bonds. The number of nitrogens with two attached hydrogens (primary N) is 1. The van der Waals surface area contributed by atoms with Gasteiger partial charge >= 0.3 is 5.97 Å². The van der Waals surface area contributed by atoms with Gasteiger partial charge in [-0.25, -0.2) is 9.97 Å². The number of nitrogens with one attached hydrogen (secondary N) is 2. The van der Waals surface area contributed by atoms with Crippen molar-refractivity contribution in [1.82, 2.24) is 14.5 Å². The smallest absolute Gasteiger partial charge is 0.307 e. The Hall–Kier alpha value is -4.57. The minimum absolute atomic E-state index is 0.0681. The van der Waals surface area contributed by atoms with Gasteiger partial charge in [-0.15, -0.1) is 0 Å². The van der Waals surface area contributed by atoms with Crippen LogP contribution in [-0.4, -0.2) is 52.8 Å². The van der Waals surface area contributed by atoms with Crippen LogP contribution in [0.15, 0.2) is 66.9 Å². The lowest BCUT2D eigenvalue weighted by Gasteiger charge is -2.21. The Kier molecular flexibility index (Phi) is 10.1. The minimum atomic E-state index is -0.365. The van der Waals surface area contributed by atoms with Crippen LogP contribution in [0.5, 0.6) is 0 Å². The maximum absolute atomic E-state index is 13.5. The molecule has 0 radical (unpaired) electrons. The normalized spacial score (nSPS) is 10.3. The van der Waals surface area contributed by atoms with E-state index in [1.165, 1.54) is 18.2 Å². The summed E-state index contributed by atoms with van der Waals surface area (Å²) in [4.78, 5) is 36.0. The number of nitrogens with zero attached hydrogens (tertiary/aromatic N) is 4. The molecule has 0 aliphatic carbocycles. The fraction of sp³-hybridized carbons (Fsp3) is 0.250. The zero-order valence-corrected chi connectivity index (χ0v) is 21.8. The zero-order chi connectivity index (χ0) is 27.5. The maximum Gasteiger partial charge on any atom is 0.307 e. The fourth-order valence-corrected chi connectivity index (χ4v) is 3.84. The number of anilines is 2. The van der Waals surface area contributed by atoms with Gasteiger partial charge in [0.15, 0.2) is 0 Å². The monoisotopic (exact) mass is 515 g/mol. The number of hydrogen-bond donors (Lipinski definition) is 3. The van der Waals surface area contributed by atoms with Gasteiger partial charge in [-0.3, -0.25) is 14.5 Å². The van der Waals surface area contributed by atoms with E-state index in [9.17, 15) is 9.59 Å². The second-order valence-electron chi connectivity index (χ2n) is 8.11. The Morgan fingerprint density at radius 2 is 1.89 bits per heavy atom. The maximum atomic E-state index is 13.5. The van der Waals surface area contributed by atoms with Crippen molar-refractivity contribution in [2.75, 3.05) is 30.4 Å². The number of esters is 1. The summed E-state index contributed by atoms with van der Waals surface area (Å²) in [6.45, 7) is 2.69. The fourth-order valence-electron chi connectivity index (χ4n) is 3.84. The third-order valence-electron chi connectivity index (χ3n) is 5.76. The lowest BCUT2D eigenvalue weighted by Crippen LogP contribution is -2.34. The summed E-state index contributed by atoms with van der Waals surface area (Å²) in [6, 6.07) is 18.3. The number of imidazole rings is 1. The van der Waals surface area contributed by atoms with Crippen LogP contribution in [0.2, 0.25) is 0 Å². The van der Waals surface area contributed by atoms with Crippen LogP contribution in [0.3, 0.4) is 0 Å². The standard InChI is InChI=1S/C27H28N6O3.CH5N/c1-3-36-26(34)13-15-33(24-6-4-5-14-29-24)27(35)20-9-12-23-22(16-20)31-25(32(23)2)18-30-21-10-7-19(17-28)8-11-21;1-2/h4-12,14,16-17,28,30H,3,13,15,18H2,1-2H3;2H2,1H3. The van der Waals surface area contributed by atoms with Gasteiger partial charge in [0, 0.05) is 37.3 Å². The number of rotatable bonds is 10. The van der Waals surface area contributed by atoms with Gasteiger partial charge in [0.25, 0.3) is 5.91 Å². The van der Waals surface area contributed by atoms with Crippen molar-refractivity contribution in [1.29, 1.82) is 5.41 Å². The zero-order valence-electron chi connectivity index (χ0n) is 21.8. The molecule has 2 aromatic carbocycles. The molecule has 0 atom stereocenters. The number of aromatic nitrogens is 3. The summed E-state index contributed by atoms with van der Waals surface area (Å²) >= 11 is 0. The highest BCUT2D eigenvalue weighted by Crippen LogP contribution is 2.21. The van der Waals surface area contributed by atoms with Crippen molar-refractivity contribution in [2.24, 2.45) is 12.8 Å². The molecule has 0 aliphatic rings. The van der Waals surface area contributed by atoms with Crippen molar-refractivity contribution in [3.05, 3.63) is 83.8 Å². The van der Waals surface area contributed by atoms with Crippen LogP contribution in [-0.2, 0) is 23.1 Å². The first kappa shape index (κ1) is 28.0. The first-order valence-corrected chi connectivity index (χ1v) is 12.3. The van der Waals surface area contributed by atoms with Crippen LogP contribution >= 0.6 is 0 Å². The quantitative estimate of drug-likeness (QED) is 0.216. The van der Waals surface area contributed by atoms with E-state index in [2.05, 4.69) is 16.0 Å². The van der Waals surface area contributed by atoms with Crippen LogP contribution in [0.25, 0.3) is 11.0 Å². The third-order valence-corrected chi connectivity index (χ3v) is 5.76. The van der Waals surface area contributed by atoms with E-state index in [0.29, 0.717) is 30.0 Å². The van der Waals surface area contributed by atoms with Crippen LogP contribution in [0, 0.1) is 5.41 Å². The van der Waals surface area contributed by atoms with Crippen LogP contribution < -0.4 is 16.0 Å². The molecule has 4 rings (SSSR count). The number of hydrogen-bond acceptors (Lipinski definition) is 8. The second kappa shape index (κ2) is 13.7. The lowest BCUT2D eigenvalue weighted by atomic mass is 10.1. The number of ether oxygens (including phenoxy) is 1. The van der Waals surface area contributed by atoms with E-state index in [4.69, 9.17) is 15.1 Å². The largest absolute Gasteiger partial charge is 0.466 e. The molecule has 2 aromatic heterocycles. The van der Waals surface area contributed by atoms with Gasteiger partial charge in [0.2, 0.25) is 0 Å². The number of benzene rings is 2. The van der Waals surface area contributed by atoms with Gasteiger partial charge in [-0.05, 0) is 62.0 Å². The van der Waals surface area contributed by atoms with Crippen LogP contribution in [0.4, 0.5) is 11.5 Å². The van der Waals surface area contributed by atoms with Crippen molar-refractivity contribution in [2.45, 2.75) is 19.9 Å². The highest BCUT2D eigenvalue weighted by atomic mass is 16.5. The minimum Gasteiger partial charge on any atom is -0.466 e. The summed E-state index contributed by atoms with van der Waals surface area (Å²) in [5.74, 6) is 0.647. The van der Waals surface area contributed by atoms with Gasteiger partial charge in [-0.2, -0.15) is 0 Å². The Morgan fingerprint density at radius 3 is 2.55 bits per heavy atom. The number of pyridine rings is 1. The topological polar surface area (TPSA) is 139 Å². The SMILES string of the molecule is CCOC(=O)CCN(C(=O)c1ccc2c(c1)nc(CNc1ccc(C=N)cc1)n2C)c1ccccn1.CN. The lowest BCUT2D eigenvalue weighted by molar-refractivity contribution is -0.142. The Labute approximate surface area is 222 Å². The molecule has 0 saturated carbocycles. The average molecular weight is 516 g/mol. The molecule has 10 heteroatoms. The first-order chi connectivity index (χ1) is 18.5. The van der Waals surface area contributed by atoms with Crippen molar-refractivity contribution in [3.63, 3.8) is 0 Å². The molecular weight excluding hydrogens is 482 g/mol. The Morgan fingerprint density at radius 1 is 1.13 bits per heavy atom. The Balaban J connectivity index is 0.00000195. The van der Waals surface area contributed by atoms with Crippen LogP contribution in [0.1, 0.15) is 35.1 Å². The molecule has 0 fully saturated rings. The van der Waals surface area contributed by atoms with Crippen molar-refractivity contribution >= 4 is 40.6 Å². The summed E-state index contributed by atoms with van der Waals surface area (Å²) in [6.07, 6.45) is 2.98. The van der Waals surface area contributed by atoms with Crippen molar-refractivity contribution in [3.8, 4) is 0 Å². The second-order valence-corrected chi connectivity index (χ2v) is 8.11. The molecule has 4 N–H and O–H groups in total. The molecule has 0 unspecified atom stereocenters. The molecule has 2 heterocycles. The summed E-state index contributed by atoms with van der Waals surface area (Å²) in [5, 5.41) is 10.7. The predicted molar refractivity (Wildman–Crippen MR) is 150 cm³/mol. The van der Waals surface area contributed by atoms with Gasteiger partial charge in [0.05, 0.1) is 30.6 Å².